The maximum atomic E-state index is 5.31. The SMILES string of the molecule is COC(CNC(=S)Nc1cnn2ccc(N3CCCC3)nc12)OC. The molecule has 1 saturated heterocycles. The van der Waals surface area contributed by atoms with Crippen LogP contribution < -0.4 is 15.5 Å². The molecular formula is C15H22N6O2S. The second-order valence-electron chi connectivity index (χ2n) is 5.54. The molecule has 130 valence electrons. The van der Waals surface area contributed by atoms with Crippen molar-refractivity contribution in [2.24, 2.45) is 0 Å². The fourth-order valence-corrected chi connectivity index (χ4v) is 2.87. The first-order valence-corrected chi connectivity index (χ1v) is 8.32. The summed E-state index contributed by atoms with van der Waals surface area (Å²) in [6.45, 7) is 2.55. The molecule has 1 aliphatic heterocycles. The van der Waals surface area contributed by atoms with E-state index >= 15 is 0 Å². The first-order valence-electron chi connectivity index (χ1n) is 7.91. The first-order chi connectivity index (χ1) is 11.7. The van der Waals surface area contributed by atoms with E-state index in [-0.39, 0.29) is 6.29 Å². The van der Waals surface area contributed by atoms with Crippen molar-refractivity contribution in [3.8, 4) is 0 Å². The number of fused-ring (bicyclic) bond motifs is 1. The van der Waals surface area contributed by atoms with E-state index in [2.05, 4.69) is 20.6 Å². The van der Waals surface area contributed by atoms with Crippen LogP contribution in [0.2, 0.25) is 0 Å². The van der Waals surface area contributed by atoms with E-state index in [1.165, 1.54) is 12.8 Å². The zero-order valence-corrected chi connectivity index (χ0v) is 14.7. The predicted molar refractivity (Wildman–Crippen MR) is 96.5 cm³/mol. The number of ether oxygens (including phenoxy) is 2. The van der Waals surface area contributed by atoms with Gasteiger partial charge in [0.25, 0.3) is 0 Å². The van der Waals surface area contributed by atoms with Crippen molar-refractivity contribution in [1.29, 1.82) is 0 Å². The summed E-state index contributed by atoms with van der Waals surface area (Å²) in [5.41, 5.74) is 1.51. The van der Waals surface area contributed by atoms with Crippen molar-refractivity contribution in [1.82, 2.24) is 19.9 Å². The molecule has 1 aliphatic rings. The van der Waals surface area contributed by atoms with Crippen LogP contribution in [0.1, 0.15) is 12.8 Å². The molecule has 0 aromatic carbocycles. The zero-order chi connectivity index (χ0) is 16.9. The third-order valence-corrected chi connectivity index (χ3v) is 4.23. The summed E-state index contributed by atoms with van der Waals surface area (Å²) < 4.78 is 12.0. The van der Waals surface area contributed by atoms with E-state index in [1.807, 2.05) is 12.3 Å². The molecular weight excluding hydrogens is 328 g/mol. The second kappa shape index (κ2) is 7.73. The van der Waals surface area contributed by atoms with Crippen molar-refractivity contribution in [2.75, 3.05) is 44.1 Å². The predicted octanol–water partition coefficient (Wildman–Crippen LogP) is 1.23. The van der Waals surface area contributed by atoms with Crippen LogP contribution in [0.3, 0.4) is 0 Å². The van der Waals surface area contributed by atoms with Crippen molar-refractivity contribution >= 4 is 34.5 Å². The average Bonchev–Trinajstić information content (AvgIpc) is 3.26. The smallest absolute Gasteiger partial charge is 0.180 e. The number of rotatable bonds is 6. The van der Waals surface area contributed by atoms with Gasteiger partial charge in [0.15, 0.2) is 17.0 Å². The summed E-state index contributed by atoms with van der Waals surface area (Å²) in [6, 6.07) is 1.99. The van der Waals surface area contributed by atoms with Gasteiger partial charge in [0.1, 0.15) is 11.5 Å². The summed E-state index contributed by atoms with van der Waals surface area (Å²) in [5.74, 6) is 0.973. The standard InChI is InChI=1S/C15H22N6O2S/c1-22-13(23-2)10-16-15(24)18-11-9-17-21-8-5-12(19-14(11)21)20-6-3-4-7-20/h5,8-9,13H,3-4,6-7,10H2,1-2H3,(H2,16,18,24). The van der Waals surface area contributed by atoms with E-state index in [4.69, 9.17) is 26.7 Å². The third-order valence-electron chi connectivity index (χ3n) is 3.99. The van der Waals surface area contributed by atoms with Crippen LogP contribution in [0, 0.1) is 0 Å². The highest BCUT2D eigenvalue weighted by Crippen LogP contribution is 2.21. The highest BCUT2D eigenvalue weighted by molar-refractivity contribution is 7.80. The van der Waals surface area contributed by atoms with Gasteiger partial charge in [0.05, 0.1) is 12.7 Å². The van der Waals surface area contributed by atoms with Crippen molar-refractivity contribution < 1.29 is 9.47 Å². The van der Waals surface area contributed by atoms with Crippen molar-refractivity contribution in [2.45, 2.75) is 19.1 Å². The Labute approximate surface area is 146 Å². The van der Waals surface area contributed by atoms with Gasteiger partial charge in [-0.2, -0.15) is 5.10 Å². The van der Waals surface area contributed by atoms with Crippen LogP contribution in [0.5, 0.6) is 0 Å². The number of nitrogens with one attached hydrogen (secondary N) is 2. The molecule has 0 spiro atoms. The lowest BCUT2D eigenvalue weighted by Gasteiger charge is -2.17. The lowest BCUT2D eigenvalue weighted by molar-refractivity contribution is -0.0964. The number of methoxy groups -OCH3 is 2. The molecule has 2 aromatic heterocycles. The molecule has 0 bridgehead atoms. The van der Waals surface area contributed by atoms with E-state index in [0.29, 0.717) is 11.7 Å². The lowest BCUT2D eigenvalue weighted by atomic mass is 10.4. The highest BCUT2D eigenvalue weighted by atomic mass is 32.1. The van der Waals surface area contributed by atoms with E-state index in [1.54, 1.807) is 24.9 Å². The van der Waals surface area contributed by atoms with Gasteiger partial charge in [-0.1, -0.05) is 0 Å². The van der Waals surface area contributed by atoms with Gasteiger partial charge < -0.3 is 25.0 Å². The van der Waals surface area contributed by atoms with Crippen LogP contribution in [-0.4, -0.2) is 59.9 Å². The first kappa shape index (κ1) is 16.9. The largest absolute Gasteiger partial charge is 0.357 e. The Kier molecular flexibility index (Phi) is 5.44. The monoisotopic (exact) mass is 350 g/mol. The van der Waals surface area contributed by atoms with Gasteiger partial charge in [-0.05, 0) is 31.1 Å². The number of nitrogens with zero attached hydrogens (tertiary/aromatic N) is 4. The normalized spacial score (nSPS) is 14.5. The molecule has 3 heterocycles. The summed E-state index contributed by atoms with van der Waals surface area (Å²) in [4.78, 5) is 7.01. The molecule has 8 nitrogen and oxygen atoms in total. The molecule has 0 amide bonds. The lowest BCUT2D eigenvalue weighted by Crippen LogP contribution is -2.36. The van der Waals surface area contributed by atoms with Gasteiger partial charge in [0, 0.05) is 33.5 Å². The van der Waals surface area contributed by atoms with Gasteiger partial charge in [-0.25, -0.2) is 9.50 Å². The van der Waals surface area contributed by atoms with Gasteiger partial charge in [-0.3, -0.25) is 0 Å². The Bertz CT molecular complexity index is 696. The van der Waals surface area contributed by atoms with Crippen LogP contribution in [0.15, 0.2) is 18.5 Å². The Balaban J connectivity index is 1.69. The number of thiocarbonyl (C=S) groups is 1. The average molecular weight is 350 g/mol. The van der Waals surface area contributed by atoms with Gasteiger partial charge in [0.2, 0.25) is 0 Å². The maximum absolute atomic E-state index is 5.31. The number of aromatic nitrogens is 3. The Morgan fingerprint density at radius 1 is 1.33 bits per heavy atom. The van der Waals surface area contributed by atoms with Crippen molar-refractivity contribution in [3.63, 3.8) is 0 Å². The van der Waals surface area contributed by atoms with Crippen molar-refractivity contribution in [3.05, 3.63) is 18.5 Å². The minimum absolute atomic E-state index is 0.353. The molecule has 1 fully saturated rings. The van der Waals surface area contributed by atoms with Crippen LogP contribution in [-0.2, 0) is 9.47 Å². The molecule has 3 rings (SSSR count). The number of hydrogen-bond acceptors (Lipinski definition) is 6. The van der Waals surface area contributed by atoms with E-state index < -0.39 is 0 Å². The highest BCUT2D eigenvalue weighted by Gasteiger charge is 2.16. The molecule has 2 aromatic rings. The zero-order valence-electron chi connectivity index (χ0n) is 13.9. The topological polar surface area (TPSA) is 76.0 Å². The summed E-state index contributed by atoms with van der Waals surface area (Å²) in [5, 5.41) is 11.0. The molecule has 2 N–H and O–H groups in total. The Hall–Kier alpha value is -1.97. The Morgan fingerprint density at radius 3 is 2.79 bits per heavy atom. The second-order valence-corrected chi connectivity index (χ2v) is 5.95. The molecule has 0 radical (unpaired) electrons. The number of hydrogen-bond donors (Lipinski definition) is 2. The van der Waals surface area contributed by atoms with Crippen LogP contribution in [0.25, 0.3) is 5.65 Å². The van der Waals surface area contributed by atoms with Gasteiger partial charge in [-0.15, -0.1) is 0 Å². The minimum Gasteiger partial charge on any atom is -0.357 e. The fourth-order valence-electron chi connectivity index (χ4n) is 2.68. The molecule has 0 aliphatic carbocycles. The number of anilines is 2. The quantitative estimate of drug-likeness (QED) is 0.595. The molecule has 0 atom stereocenters. The Morgan fingerprint density at radius 2 is 2.08 bits per heavy atom. The van der Waals surface area contributed by atoms with Crippen LogP contribution >= 0.6 is 12.2 Å². The molecule has 0 unspecified atom stereocenters. The minimum atomic E-state index is -0.353. The third kappa shape index (κ3) is 3.74. The molecule has 9 heteroatoms. The summed E-state index contributed by atoms with van der Waals surface area (Å²) in [7, 11) is 3.17. The summed E-state index contributed by atoms with van der Waals surface area (Å²) in [6.07, 6.45) is 5.71. The van der Waals surface area contributed by atoms with Crippen LogP contribution in [0.4, 0.5) is 11.5 Å². The van der Waals surface area contributed by atoms with Gasteiger partial charge >= 0.3 is 0 Å². The fraction of sp³-hybridized carbons (Fsp3) is 0.533. The summed E-state index contributed by atoms with van der Waals surface area (Å²) >= 11 is 5.31. The maximum Gasteiger partial charge on any atom is 0.180 e. The molecule has 24 heavy (non-hydrogen) atoms. The molecule has 0 saturated carbocycles. The van der Waals surface area contributed by atoms with E-state index in [9.17, 15) is 0 Å². The van der Waals surface area contributed by atoms with E-state index in [0.717, 1.165) is 30.2 Å².